The molecule has 0 aliphatic rings. The molecule has 9 heteroatoms. The van der Waals surface area contributed by atoms with Crippen molar-refractivity contribution >= 4 is 43.0 Å². The van der Waals surface area contributed by atoms with Gasteiger partial charge in [0.2, 0.25) is 0 Å². The van der Waals surface area contributed by atoms with Crippen LogP contribution < -0.4 is 4.72 Å². The zero-order valence-corrected chi connectivity index (χ0v) is 14.9. The third-order valence-corrected chi connectivity index (χ3v) is 6.34. The monoisotopic (exact) mass is 416 g/mol. The molecule has 0 spiro atoms. The Kier molecular flexibility index (Phi) is 4.26. The lowest BCUT2D eigenvalue weighted by atomic mass is 10.3. The number of sulfonamides is 1. The fourth-order valence-corrected chi connectivity index (χ4v) is 4.49. The van der Waals surface area contributed by atoms with Crippen molar-refractivity contribution < 1.29 is 17.2 Å². The molecule has 1 aromatic carbocycles. The van der Waals surface area contributed by atoms with Gasteiger partial charge in [0, 0.05) is 11.4 Å². The zero-order chi connectivity index (χ0) is 16.6. The minimum atomic E-state index is -3.88. The van der Waals surface area contributed by atoms with Gasteiger partial charge in [0.15, 0.2) is 11.7 Å². The van der Waals surface area contributed by atoms with Gasteiger partial charge in [0.25, 0.3) is 10.0 Å². The van der Waals surface area contributed by atoms with Crippen LogP contribution in [-0.4, -0.2) is 13.4 Å². The number of nitrogens with one attached hydrogen (secondary N) is 1. The lowest BCUT2D eigenvalue weighted by molar-refractivity contribution is 0.535. The smallest absolute Gasteiger partial charge is 0.271 e. The number of thiophene rings is 1. The van der Waals surface area contributed by atoms with Gasteiger partial charge in [0.05, 0.1) is 16.8 Å². The summed E-state index contributed by atoms with van der Waals surface area (Å²) in [6, 6.07) is 7.16. The van der Waals surface area contributed by atoms with Crippen LogP contribution in [0.2, 0.25) is 0 Å². The molecule has 0 fully saturated rings. The maximum absolute atomic E-state index is 13.8. The second-order valence-corrected chi connectivity index (χ2v) is 8.50. The van der Waals surface area contributed by atoms with Gasteiger partial charge in [-0.15, -0.1) is 11.3 Å². The SMILES string of the molecule is Cc1ncc(-c2ccc(S(=O)(=O)Nc3ccc(Br)cc3F)s2)o1. The van der Waals surface area contributed by atoms with Crippen molar-refractivity contribution in [3.63, 3.8) is 0 Å². The van der Waals surface area contributed by atoms with E-state index in [4.69, 9.17) is 4.42 Å². The number of halogens is 2. The molecule has 2 heterocycles. The number of nitrogens with zero attached hydrogens (tertiary/aromatic N) is 1. The lowest BCUT2D eigenvalue weighted by Gasteiger charge is -2.07. The number of oxazole rings is 1. The van der Waals surface area contributed by atoms with Crippen LogP contribution in [0.3, 0.4) is 0 Å². The summed E-state index contributed by atoms with van der Waals surface area (Å²) in [6.07, 6.45) is 1.53. The lowest BCUT2D eigenvalue weighted by Crippen LogP contribution is -2.12. The molecule has 0 atom stereocenters. The maximum atomic E-state index is 13.8. The van der Waals surface area contributed by atoms with Gasteiger partial charge >= 0.3 is 0 Å². The average molecular weight is 417 g/mol. The number of hydrogen-bond acceptors (Lipinski definition) is 5. The molecule has 3 rings (SSSR count). The van der Waals surface area contributed by atoms with Gasteiger partial charge in [-0.3, -0.25) is 4.72 Å². The zero-order valence-electron chi connectivity index (χ0n) is 11.7. The first kappa shape index (κ1) is 16.2. The Morgan fingerprint density at radius 2 is 2.09 bits per heavy atom. The molecular weight excluding hydrogens is 407 g/mol. The molecule has 120 valence electrons. The summed E-state index contributed by atoms with van der Waals surface area (Å²) in [4.78, 5) is 4.60. The van der Waals surface area contributed by atoms with E-state index < -0.39 is 15.8 Å². The minimum absolute atomic E-state index is 0.0591. The van der Waals surface area contributed by atoms with E-state index in [1.165, 1.54) is 24.4 Å². The van der Waals surface area contributed by atoms with Gasteiger partial charge in [0.1, 0.15) is 10.0 Å². The number of aryl methyl sites for hydroxylation is 1. The Morgan fingerprint density at radius 3 is 2.74 bits per heavy atom. The summed E-state index contributed by atoms with van der Waals surface area (Å²) in [5.41, 5.74) is -0.112. The highest BCUT2D eigenvalue weighted by Crippen LogP contribution is 2.32. The second kappa shape index (κ2) is 6.06. The molecule has 1 N–H and O–H groups in total. The Labute approximate surface area is 144 Å². The summed E-state index contributed by atoms with van der Waals surface area (Å²) >= 11 is 4.14. The standard InChI is InChI=1S/C14H10BrFN2O3S2/c1-8-17-7-12(21-8)13-4-5-14(22-13)23(19,20)18-11-3-2-9(15)6-10(11)16/h2-7,18H,1H3. The van der Waals surface area contributed by atoms with Crippen molar-refractivity contribution in [1.82, 2.24) is 4.98 Å². The van der Waals surface area contributed by atoms with E-state index in [0.29, 0.717) is 21.0 Å². The summed E-state index contributed by atoms with van der Waals surface area (Å²) in [6.45, 7) is 1.70. The third-order valence-electron chi connectivity index (χ3n) is 2.89. The van der Waals surface area contributed by atoms with Crippen molar-refractivity contribution in [1.29, 1.82) is 0 Å². The molecular formula is C14H10BrFN2O3S2. The van der Waals surface area contributed by atoms with Crippen LogP contribution in [0.5, 0.6) is 0 Å². The molecule has 0 saturated heterocycles. The van der Waals surface area contributed by atoms with Crippen LogP contribution >= 0.6 is 27.3 Å². The number of anilines is 1. The predicted octanol–water partition coefficient (Wildman–Crippen LogP) is 4.41. The van der Waals surface area contributed by atoms with E-state index in [1.54, 1.807) is 19.1 Å². The largest absolute Gasteiger partial charge is 0.440 e. The van der Waals surface area contributed by atoms with Gasteiger partial charge in [-0.25, -0.2) is 17.8 Å². The molecule has 0 unspecified atom stereocenters. The quantitative estimate of drug-likeness (QED) is 0.683. The molecule has 5 nitrogen and oxygen atoms in total. The van der Waals surface area contributed by atoms with Crippen LogP contribution in [-0.2, 0) is 10.0 Å². The van der Waals surface area contributed by atoms with E-state index in [0.717, 1.165) is 11.3 Å². The molecule has 0 bridgehead atoms. The van der Waals surface area contributed by atoms with Crippen LogP contribution in [0, 0.1) is 12.7 Å². The fraction of sp³-hybridized carbons (Fsp3) is 0.0714. The Bertz CT molecular complexity index is 966. The first-order valence-electron chi connectivity index (χ1n) is 6.36. The van der Waals surface area contributed by atoms with E-state index in [-0.39, 0.29) is 9.90 Å². The van der Waals surface area contributed by atoms with E-state index >= 15 is 0 Å². The Hall–Kier alpha value is -1.71. The van der Waals surface area contributed by atoms with Gasteiger partial charge in [-0.2, -0.15) is 0 Å². The fourth-order valence-electron chi connectivity index (χ4n) is 1.84. The van der Waals surface area contributed by atoms with Crippen LogP contribution in [0.15, 0.2) is 49.6 Å². The van der Waals surface area contributed by atoms with Crippen LogP contribution in [0.4, 0.5) is 10.1 Å². The maximum Gasteiger partial charge on any atom is 0.271 e. The van der Waals surface area contributed by atoms with E-state index in [2.05, 4.69) is 25.6 Å². The van der Waals surface area contributed by atoms with Crippen molar-refractivity contribution in [3.8, 4) is 10.6 Å². The topological polar surface area (TPSA) is 72.2 Å². The highest BCUT2D eigenvalue weighted by atomic mass is 79.9. The van der Waals surface area contributed by atoms with Gasteiger partial charge in [-0.05, 0) is 30.3 Å². The summed E-state index contributed by atoms with van der Waals surface area (Å²) in [5.74, 6) is 0.322. The van der Waals surface area contributed by atoms with E-state index in [1.807, 2.05) is 0 Å². The molecule has 0 aliphatic heterocycles. The first-order chi connectivity index (χ1) is 10.8. The van der Waals surface area contributed by atoms with Crippen molar-refractivity contribution in [3.05, 3.63) is 52.7 Å². The molecule has 2 aromatic heterocycles. The normalized spacial score (nSPS) is 11.6. The van der Waals surface area contributed by atoms with Crippen LogP contribution in [0.1, 0.15) is 5.89 Å². The second-order valence-electron chi connectivity index (χ2n) is 4.59. The van der Waals surface area contributed by atoms with Gasteiger partial charge in [-0.1, -0.05) is 15.9 Å². The Morgan fingerprint density at radius 1 is 1.30 bits per heavy atom. The summed E-state index contributed by atoms with van der Waals surface area (Å²) in [7, 11) is -3.88. The number of aromatic nitrogens is 1. The summed E-state index contributed by atoms with van der Waals surface area (Å²) < 4.78 is 46.7. The van der Waals surface area contributed by atoms with Crippen molar-refractivity contribution in [2.75, 3.05) is 4.72 Å². The average Bonchev–Trinajstić information content (AvgIpc) is 3.10. The third kappa shape index (κ3) is 3.46. The number of hydrogen-bond donors (Lipinski definition) is 1. The van der Waals surface area contributed by atoms with Crippen molar-refractivity contribution in [2.45, 2.75) is 11.1 Å². The minimum Gasteiger partial charge on any atom is -0.440 e. The molecule has 0 amide bonds. The number of benzene rings is 1. The molecule has 23 heavy (non-hydrogen) atoms. The van der Waals surface area contributed by atoms with E-state index in [9.17, 15) is 12.8 Å². The predicted molar refractivity (Wildman–Crippen MR) is 89.5 cm³/mol. The van der Waals surface area contributed by atoms with Crippen LogP contribution in [0.25, 0.3) is 10.6 Å². The van der Waals surface area contributed by atoms with Crippen molar-refractivity contribution in [2.24, 2.45) is 0 Å². The highest BCUT2D eigenvalue weighted by molar-refractivity contribution is 9.10. The Balaban J connectivity index is 1.89. The van der Waals surface area contributed by atoms with Gasteiger partial charge < -0.3 is 4.42 Å². The first-order valence-corrected chi connectivity index (χ1v) is 9.45. The molecule has 0 aliphatic carbocycles. The number of rotatable bonds is 4. The molecule has 3 aromatic rings. The highest BCUT2D eigenvalue weighted by Gasteiger charge is 2.20. The summed E-state index contributed by atoms with van der Waals surface area (Å²) in [5, 5.41) is 0. The molecule has 0 radical (unpaired) electrons. The molecule has 0 saturated carbocycles.